The van der Waals surface area contributed by atoms with Gasteiger partial charge in [0.1, 0.15) is 0 Å². The minimum atomic E-state index is -0.837. The summed E-state index contributed by atoms with van der Waals surface area (Å²) in [6.07, 6.45) is 0.616. The van der Waals surface area contributed by atoms with Gasteiger partial charge in [-0.05, 0) is 30.4 Å². The van der Waals surface area contributed by atoms with Crippen LogP contribution in [0.3, 0.4) is 0 Å². The van der Waals surface area contributed by atoms with E-state index < -0.39 is 11.9 Å². The summed E-state index contributed by atoms with van der Waals surface area (Å²) >= 11 is 0. The van der Waals surface area contributed by atoms with E-state index in [-0.39, 0.29) is 18.5 Å². The summed E-state index contributed by atoms with van der Waals surface area (Å²) in [5, 5.41) is 12.1. The molecule has 0 saturated carbocycles. The van der Waals surface area contributed by atoms with E-state index in [1.807, 2.05) is 38.1 Å². The summed E-state index contributed by atoms with van der Waals surface area (Å²) in [6.45, 7) is 7.48. The van der Waals surface area contributed by atoms with Gasteiger partial charge in [-0.25, -0.2) is 4.79 Å². The third-order valence-electron chi connectivity index (χ3n) is 4.58. The molecule has 150 valence electrons. The van der Waals surface area contributed by atoms with Crippen molar-refractivity contribution in [2.75, 3.05) is 32.9 Å². The minimum Gasteiger partial charge on any atom is -0.481 e. The average molecular weight is 378 g/mol. The monoisotopic (exact) mass is 378 g/mol. The van der Waals surface area contributed by atoms with Crippen molar-refractivity contribution in [2.45, 2.75) is 33.4 Å². The van der Waals surface area contributed by atoms with Crippen molar-refractivity contribution in [1.29, 1.82) is 0 Å². The van der Waals surface area contributed by atoms with E-state index in [0.29, 0.717) is 45.9 Å². The first-order chi connectivity index (χ1) is 13.0. The molecule has 2 atom stereocenters. The van der Waals surface area contributed by atoms with E-state index in [9.17, 15) is 14.7 Å². The number of likely N-dealkylation sites (tertiary alicyclic amines) is 1. The van der Waals surface area contributed by atoms with Gasteiger partial charge in [0, 0.05) is 26.2 Å². The number of carbonyl (C=O) groups excluding carboxylic acids is 1. The van der Waals surface area contributed by atoms with Crippen molar-refractivity contribution in [1.82, 2.24) is 10.2 Å². The van der Waals surface area contributed by atoms with E-state index in [1.165, 1.54) is 0 Å². The second kappa shape index (κ2) is 10.9. The van der Waals surface area contributed by atoms with E-state index in [1.54, 1.807) is 4.90 Å². The molecule has 0 radical (unpaired) electrons. The Kier molecular flexibility index (Phi) is 8.54. The molecular formula is C20H30N2O5. The van der Waals surface area contributed by atoms with Crippen LogP contribution >= 0.6 is 0 Å². The second-order valence-corrected chi connectivity index (χ2v) is 7.01. The molecule has 1 fully saturated rings. The minimum absolute atomic E-state index is 0.183. The number of hydrogen-bond acceptors (Lipinski definition) is 4. The number of benzene rings is 1. The molecule has 1 aliphatic heterocycles. The highest BCUT2D eigenvalue weighted by molar-refractivity contribution is 5.76. The molecule has 1 aliphatic rings. The average Bonchev–Trinajstić information content (AvgIpc) is 2.65. The first-order valence-electron chi connectivity index (χ1n) is 9.48. The van der Waals surface area contributed by atoms with Crippen molar-refractivity contribution in [2.24, 2.45) is 11.8 Å². The summed E-state index contributed by atoms with van der Waals surface area (Å²) < 4.78 is 10.8. The molecule has 27 heavy (non-hydrogen) atoms. The molecule has 0 aliphatic carbocycles. The summed E-state index contributed by atoms with van der Waals surface area (Å²) in [7, 11) is 0. The summed E-state index contributed by atoms with van der Waals surface area (Å²) in [4.78, 5) is 25.3. The van der Waals surface area contributed by atoms with Crippen molar-refractivity contribution in [3.63, 3.8) is 0 Å². The van der Waals surface area contributed by atoms with Crippen molar-refractivity contribution < 1.29 is 24.2 Å². The van der Waals surface area contributed by atoms with E-state index in [2.05, 4.69) is 5.32 Å². The Hall–Kier alpha value is -2.12. The van der Waals surface area contributed by atoms with Gasteiger partial charge >= 0.3 is 12.0 Å². The Morgan fingerprint density at radius 1 is 1.22 bits per heavy atom. The molecule has 2 rings (SSSR count). The van der Waals surface area contributed by atoms with Crippen LogP contribution in [0.2, 0.25) is 0 Å². The zero-order valence-electron chi connectivity index (χ0n) is 16.1. The molecule has 1 aromatic carbocycles. The lowest BCUT2D eigenvalue weighted by Crippen LogP contribution is -2.49. The fourth-order valence-electron chi connectivity index (χ4n) is 3.27. The van der Waals surface area contributed by atoms with Gasteiger partial charge in [-0.2, -0.15) is 0 Å². The maximum absolute atomic E-state index is 12.4. The number of carboxylic acids is 1. The van der Waals surface area contributed by atoms with E-state index in [4.69, 9.17) is 9.47 Å². The number of piperidine rings is 1. The molecule has 7 heteroatoms. The topological polar surface area (TPSA) is 88.1 Å². The third kappa shape index (κ3) is 7.19. The Bertz CT molecular complexity index is 622. The number of urea groups is 1. The molecular weight excluding hydrogens is 348 g/mol. The number of ether oxygens (including phenoxy) is 2. The van der Waals surface area contributed by atoms with Gasteiger partial charge in [0.05, 0.1) is 25.7 Å². The predicted molar refractivity (Wildman–Crippen MR) is 101 cm³/mol. The van der Waals surface area contributed by atoms with Gasteiger partial charge in [0.15, 0.2) is 0 Å². The highest BCUT2D eigenvalue weighted by Crippen LogP contribution is 2.21. The van der Waals surface area contributed by atoms with Gasteiger partial charge in [0.25, 0.3) is 0 Å². The molecule has 0 bridgehead atoms. The van der Waals surface area contributed by atoms with Gasteiger partial charge in [0.2, 0.25) is 0 Å². The maximum Gasteiger partial charge on any atom is 0.317 e. The van der Waals surface area contributed by atoms with E-state index in [0.717, 1.165) is 11.1 Å². The normalized spacial score (nSPS) is 19.7. The summed E-state index contributed by atoms with van der Waals surface area (Å²) in [5.41, 5.74) is 2.02. The number of nitrogens with one attached hydrogen (secondary N) is 1. The number of amides is 2. The molecule has 1 aromatic rings. The van der Waals surface area contributed by atoms with Crippen LogP contribution in [0.15, 0.2) is 24.3 Å². The lowest BCUT2D eigenvalue weighted by molar-refractivity contribution is -0.143. The largest absolute Gasteiger partial charge is 0.481 e. The fraction of sp³-hybridized carbons (Fsp3) is 0.600. The Morgan fingerprint density at radius 2 is 1.96 bits per heavy atom. The number of rotatable bonds is 9. The number of nitrogens with zero attached hydrogens (tertiary/aromatic N) is 1. The lowest BCUT2D eigenvalue weighted by atomic mass is 9.91. The molecule has 1 heterocycles. The van der Waals surface area contributed by atoms with Gasteiger partial charge in [-0.15, -0.1) is 0 Å². The first-order valence-corrected chi connectivity index (χ1v) is 9.48. The number of hydrogen-bond donors (Lipinski definition) is 2. The van der Waals surface area contributed by atoms with Crippen LogP contribution in [0, 0.1) is 11.8 Å². The number of aliphatic carboxylic acids is 1. The second-order valence-electron chi connectivity index (χ2n) is 7.01. The van der Waals surface area contributed by atoms with Gasteiger partial charge < -0.3 is 24.8 Å². The van der Waals surface area contributed by atoms with E-state index >= 15 is 0 Å². The Labute approximate surface area is 160 Å². The van der Waals surface area contributed by atoms with Crippen LogP contribution in [-0.2, 0) is 27.4 Å². The maximum atomic E-state index is 12.4. The van der Waals surface area contributed by atoms with Crippen molar-refractivity contribution in [3.8, 4) is 0 Å². The predicted octanol–water partition coefficient (Wildman–Crippen LogP) is 2.49. The summed E-state index contributed by atoms with van der Waals surface area (Å²) in [5.74, 6) is -1.14. The molecule has 1 saturated heterocycles. The fourth-order valence-corrected chi connectivity index (χ4v) is 3.27. The van der Waals surface area contributed by atoms with Crippen LogP contribution in [0.1, 0.15) is 31.4 Å². The quantitative estimate of drug-likeness (QED) is 0.645. The highest BCUT2D eigenvalue weighted by atomic mass is 16.5. The molecule has 2 amide bonds. The first kappa shape index (κ1) is 21.2. The van der Waals surface area contributed by atoms with Gasteiger partial charge in [-0.1, -0.05) is 31.2 Å². The van der Waals surface area contributed by atoms with Crippen LogP contribution in [0.5, 0.6) is 0 Å². The standard InChI is InChI=1S/C20H30N2O5/c1-3-26-7-8-27-14-17-6-4-5-16(10-17)11-21-20(25)22-12-15(2)9-18(13-22)19(23)24/h4-6,10,15,18H,3,7-9,11-14H2,1-2H3,(H,21,25)(H,23,24). The van der Waals surface area contributed by atoms with Gasteiger partial charge in [-0.3, -0.25) is 4.79 Å². The summed E-state index contributed by atoms with van der Waals surface area (Å²) in [6, 6.07) is 7.65. The molecule has 2 N–H and O–H groups in total. The number of carboxylic acid groups (broad SMARTS) is 1. The highest BCUT2D eigenvalue weighted by Gasteiger charge is 2.31. The third-order valence-corrected chi connectivity index (χ3v) is 4.58. The Balaban J connectivity index is 1.80. The zero-order chi connectivity index (χ0) is 19.6. The van der Waals surface area contributed by atoms with Crippen molar-refractivity contribution in [3.05, 3.63) is 35.4 Å². The molecule has 2 unspecified atom stereocenters. The smallest absolute Gasteiger partial charge is 0.317 e. The van der Waals surface area contributed by atoms with Crippen LogP contribution < -0.4 is 5.32 Å². The Morgan fingerprint density at radius 3 is 2.70 bits per heavy atom. The SMILES string of the molecule is CCOCCOCc1cccc(CNC(=O)N2CC(C)CC(C(=O)O)C2)c1. The van der Waals surface area contributed by atoms with Crippen molar-refractivity contribution >= 4 is 12.0 Å². The number of carbonyl (C=O) groups is 2. The molecule has 0 aromatic heterocycles. The zero-order valence-corrected chi connectivity index (χ0v) is 16.1. The van der Waals surface area contributed by atoms with Crippen LogP contribution in [0.25, 0.3) is 0 Å². The van der Waals surface area contributed by atoms with Crippen LogP contribution in [-0.4, -0.2) is 54.9 Å². The molecule has 0 spiro atoms. The lowest BCUT2D eigenvalue weighted by Gasteiger charge is -2.34. The van der Waals surface area contributed by atoms with Crippen LogP contribution in [0.4, 0.5) is 4.79 Å². The molecule has 7 nitrogen and oxygen atoms in total.